The van der Waals surface area contributed by atoms with E-state index in [9.17, 15) is 9.59 Å². The molecule has 3 aromatic heterocycles. The number of nitrogens with one attached hydrogen (secondary N) is 3. The van der Waals surface area contributed by atoms with Gasteiger partial charge in [0.2, 0.25) is 0 Å². The Hall–Kier alpha value is -2.19. The van der Waals surface area contributed by atoms with Gasteiger partial charge in [0.1, 0.15) is 10.7 Å². The van der Waals surface area contributed by atoms with Crippen LogP contribution in [0, 0.1) is 0 Å². The topological polar surface area (TPSA) is 94.4 Å². The summed E-state index contributed by atoms with van der Waals surface area (Å²) < 4.78 is 0.931. The van der Waals surface area contributed by atoms with Gasteiger partial charge in [-0.05, 0) is 34.1 Å². The second-order valence-corrected chi connectivity index (χ2v) is 8.46. The van der Waals surface area contributed by atoms with Crippen molar-refractivity contribution in [3.63, 3.8) is 0 Å². The van der Waals surface area contributed by atoms with E-state index in [1.54, 1.807) is 18.5 Å². The lowest BCUT2D eigenvalue weighted by molar-refractivity contribution is 0.571. The average Bonchev–Trinajstić information content (AvgIpc) is 3.13. The Bertz CT molecular complexity index is 1140. The van der Waals surface area contributed by atoms with Crippen molar-refractivity contribution in [1.82, 2.24) is 19.9 Å². The van der Waals surface area contributed by atoms with Gasteiger partial charge in [0.05, 0.1) is 12.0 Å². The first-order valence-electron chi connectivity index (χ1n) is 7.58. The maximum Gasteiger partial charge on any atom is 0.272 e. The Morgan fingerprint density at radius 1 is 1.12 bits per heavy atom. The van der Waals surface area contributed by atoms with Gasteiger partial charge in [0.25, 0.3) is 11.1 Å². The molecule has 0 atom stereocenters. The van der Waals surface area contributed by atoms with Crippen molar-refractivity contribution in [2.75, 3.05) is 0 Å². The van der Waals surface area contributed by atoms with Crippen molar-refractivity contribution >= 4 is 39.4 Å². The summed E-state index contributed by atoms with van der Waals surface area (Å²) in [5.41, 5.74) is 0.641. The molecular weight excluding hydrogens is 404 g/mol. The number of hydrogen-bond donors (Lipinski definition) is 3. The molecule has 0 aliphatic carbocycles. The molecule has 0 bridgehead atoms. The molecule has 0 fully saturated rings. The van der Waals surface area contributed by atoms with Crippen molar-refractivity contribution < 1.29 is 0 Å². The highest BCUT2D eigenvalue weighted by Gasteiger charge is 2.19. The van der Waals surface area contributed by atoms with Gasteiger partial charge in [-0.15, -0.1) is 11.3 Å². The quantitative estimate of drug-likeness (QED) is 0.586. The molecule has 0 saturated heterocycles. The second kappa shape index (κ2) is 6.61. The van der Waals surface area contributed by atoms with Crippen LogP contribution in [0.15, 0.2) is 31.8 Å². The van der Waals surface area contributed by atoms with Crippen LogP contribution in [-0.2, 0) is 5.41 Å². The Morgan fingerprint density at radius 3 is 2.32 bits per heavy atom. The predicted octanol–water partition coefficient (Wildman–Crippen LogP) is 1.57. The van der Waals surface area contributed by atoms with Crippen molar-refractivity contribution in [3.8, 4) is 0 Å². The third-order valence-electron chi connectivity index (χ3n) is 3.56. The lowest BCUT2D eigenvalue weighted by atomic mass is 9.90. The van der Waals surface area contributed by atoms with E-state index in [-0.39, 0.29) is 27.2 Å². The molecule has 8 heteroatoms. The third-order valence-corrected chi connectivity index (χ3v) is 5.20. The molecule has 3 N–H and O–H groups in total. The smallest absolute Gasteiger partial charge is 0.272 e. The van der Waals surface area contributed by atoms with Gasteiger partial charge in [-0.3, -0.25) is 9.59 Å². The van der Waals surface area contributed by atoms with E-state index in [4.69, 9.17) is 0 Å². The predicted molar refractivity (Wildman–Crippen MR) is 103 cm³/mol. The van der Waals surface area contributed by atoms with Crippen LogP contribution >= 0.6 is 27.3 Å². The van der Waals surface area contributed by atoms with Gasteiger partial charge < -0.3 is 15.0 Å². The summed E-state index contributed by atoms with van der Waals surface area (Å²) in [4.78, 5) is 38.1. The monoisotopic (exact) mass is 420 g/mol. The molecule has 0 amide bonds. The lowest BCUT2D eigenvalue weighted by Crippen LogP contribution is -2.46. The molecule has 0 spiro atoms. The minimum atomic E-state index is -0.371. The van der Waals surface area contributed by atoms with Gasteiger partial charge in [-0.1, -0.05) is 20.8 Å². The molecule has 0 aliphatic rings. The van der Waals surface area contributed by atoms with Crippen LogP contribution in [0.2, 0.25) is 0 Å². The number of aromatic amines is 3. The van der Waals surface area contributed by atoms with Crippen LogP contribution in [0.5, 0.6) is 0 Å². The minimum Gasteiger partial charge on any atom is -0.348 e. The molecular formula is C17H17BrN4O2S. The van der Waals surface area contributed by atoms with E-state index in [0.29, 0.717) is 5.69 Å². The number of hydrogen-bond acceptors (Lipinski definition) is 4. The van der Waals surface area contributed by atoms with E-state index >= 15 is 0 Å². The maximum absolute atomic E-state index is 12.4. The molecule has 0 radical (unpaired) electrons. The fraction of sp³-hybridized carbons (Fsp3) is 0.235. The Balaban J connectivity index is 2.14. The minimum absolute atomic E-state index is 0.157. The van der Waals surface area contributed by atoms with Crippen molar-refractivity contribution in [2.24, 2.45) is 0 Å². The summed E-state index contributed by atoms with van der Waals surface area (Å²) in [6.45, 7) is 6.13. The van der Waals surface area contributed by atoms with Crippen molar-refractivity contribution in [2.45, 2.75) is 26.2 Å². The Morgan fingerprint density at radius 2 is 1.76 bits per heavy atom. The van der Waals surface area contributed by atoms with Gasteiger partial charge in [-0.25, -0.2) is 4.98 Å². The molecule has 25 heavy (non-hydrogen) atoms. The van der Waals surface area contributed by atoms with Crippen LogP contribution in [-0.4, -0.2) is 19.9 Å². The first-order chi connectivity index (χ1) is 11.7. The SMILES string of the molecule is CC(C)(C)c1[nH]cnc1/C=c1\[nH]c(=O)/c(=C/c2cc(Br)cs2)[nH]c1=O. The Labute approximate surface area is 155 Å². The summed E-state index contributed by atoms with van der Waals surface area (Å²) in [6, 6.07) is 1.88. The van der Waals surface area contributed by atoms with Crippen LogP contribution in [0.25, 0.3) is 12.2 Å². The van der Waals surface area contributed by atoms with Gasteiger partial charge >= 0.3 is 0 Å². The highest BCUT2D eigenvalue weighted by molar-refractivity contribution is 9.10. The largest absolute Gasteiger partial charge is 0.348 e. The number of nitrogens with zero attached hydrogens (tertiary/aromatic N) is 1. The number of H-pyrrole nitrogens is 3. The number of rotatable bonds is 2. The van der Waals surface area contributed by atoms with Crippen LogP contribution in [0.4, 0.5) is 0 Å². The molecule has 0 aromatic carbocycles. The van der Waals surface area contributed by atoms with Crippen LogP contribution < -0.4 is 21.8 Å². The van der Waals surface area contributed by atoms with E-state index in [0.717, 1.165) is 15.0 Å². The lowest BCUT2D eigenvalue weighted by Gasteiger charge is -2.16. The van der Waals surface area contributed by atoms with E-state index in [2.05, 4.69) is 35.9 Å². The number of halogens is 1. The molecule has 0 aliphatic heterocycles. The van der Waals surface area contributed by atoms with Crippen LogP contribution in [0.1, 0.15) is 37.0 Å². The number of imidazole rings is 1. The van der Waals surface area contributed by atoms with Gasteiger partial charge in [0, 0.05) is 25.8 Å². The number of thiophene rings is 1. The molecule has 0 saturated carbocycles. The van der Waals surface area contributed by atoms with Gasteiger partial charge in [0.15, 0.2) is 0 Å². The fourth-order valence-corrected chi connectivity index (χ4v) is 3.77. The van der Waals surface area contributed by atoms with Crippen molar-refractivity contribution in [3.05, 3.63) is 69.9 Å². The summed E-state index contributed by atoms with van der Waals surface area (Å²) >= 11 is 4.84. The third kappa shape index (κ3) is 3.91. The normalized spacial score (nSPS) is 13.6. The zero-order chi connectivity index (χ0) is 18.2. The maximum atomic E-state index is 12.4. The second-order valence-electron chi connectivity index (χ2n) is 6.60. The Kier molecular flexibility index (Phi) is 4.66. The highest BCUT2D eigenvalue weighted by Crippen LogP contribution is 2.22. The summed E-state index contributed by atoms with van der Waals surface area (Å²) in [5, 5.41) is 2.30. The summed E-state index contributed by atoms with van der Waals surface area (Å²) in [5.74, 6) is 0. The molecule has 3 rings (SSSR count). The van der Waals surface area contributed by atoms with Gasteiger partial charge in [-0.2, -0.15) is 0 Å². The van der Waals surface area contributed by atoms with Crippen molar-refractivity contribution in [1.29, 1.82) is 0 Å². The first-order valence-corrected chi connectivity index (χ1v) is 9.25. The zero-order valence-electron chi connectivity index (χ0n) is 13.9. The number of aromatic nitrogens is 4. The zero-order valence-corrected chi connectivity index (χ0v) is 16.3. The summed E-state index contributed by atoms with van der Waals surface area (Å²) in [6.07, 6.45) is 4.81. The van der Waals surface area contributed by atoms with E-state index in [1.165, 1.54) is 11.3 Å². The van der Waals surface area contributed by atoms with E-state index in [1.807, 2.05) is 32.2 Å². The van der Waals surface area contributed by atoms with E-state index < -0.39 is 0 Å². The molecule has 6 nitrogen and oxygen atoms in total. The summed E-state index contributed by atoms with van der Waals surface area (Å²) in [7, 11) is 0. The standard InChI is InChI=1S/C17H17BrN4O2S/c1-17(2,3)14-11(19-8-20-14)6-13-16(24)21-12(15(23)22-13)5-10-4-9(18)7-25-10/h4-8H,1-3H3,(H,19,20)(H,21,24)(H,22,23)/b12-5-,13-6-. The molecule has 3 aromatic rings. The molecule has 130 valence electrons. The van der Waals surface area contributed by atoms with Crippen LogP contribution in [0.3, 0.4) is 0 Å². The fourth-order valence-electron chi connectivity index (χ4n) is 2.39. The average molecular weight is 421 g/mol. The first kappa shape index (κ1) is 17.6. The molecule has 3 heterocycles. The highest BCUT2D eigenvalue weighted by atomic mass is 79.9. The molecule has 0 unspecified atom stereocenters.